The van der Waals surface area contributed by atoms with Crippen LogP contribution in [0.3, 0.4) is 0 Å². The molecule has 0 saturated carbocycles. The Hall–Kier alpha value is -1.98. The van der Waals surface area contributed by atoms with Gasteiger partial charge in [0.25, 0.3) is 5.56 Å². The molecule has 6 nitrogen and oxygen atoms in total. The highest BCUT2D eigenvalue weighted by atomic mass is 16.1. The topological polar surface area (TPSA) is 97.5 Å². The van der Waals surface area contributed by atoms with Crippen LogP contribution >= 0.6 is 0 Å². The van der Waals surface area contributed by atoms with E-state index in [1.807, 2.05) is 0 Å². The summed E-state index contributed by atoms with van der Waals surface area (Å²) in [4.78, 5) is 26.0. The number of aryl methyl sites for hydroxylation is 2. The van der Waals surface area contributed by atoms with Crippen molar-refractivity contribution in [3.63, 3.8) is 0 Å². The number of nitrogens with one attached hydrogen (secondary N) is 1. The number of aromatic nitrogens is 4. The molecule has 0 fully saturated rings. The maximum Gasteiger partial charge on any atom is 0.262 e. The molecule has 0 bridgehead atoms. The number of nitrogens with two attached hydrogens (primary N) is 1. The number of nitrogens with zero attached hydrogens (tertiary/aromatic N) is 3. The first-order chi connectivity index (χ1) is 6.58. The van der Waals surface area contributed by atoms with Crippen molar-refractivity contribution in [1.29, 1.82) is 0 Å². The van der Waals surface area contributed by atoms with Crippen LogP contribution in [0.25, 0.3) is 11.0 Å². The molecule has 2 heterocycles. The van der Waals surface area contributed by atoms with E-state index >= 15 is 0 Å². The van der Waals surface area contributed by atoms with Crippen LogP contribution in [-0.2, 0) is 0 Å². The SMILES string of the molecule is Cc1nc2nc(N)nc(C)c2c(=O)[nH]1. The Kier molecular flexibility index (Phi) is 1.70. The molecule has 72 valence electrons. The summed E-state index contributed by atoms with van der Waals surface area (Å²) in [6.45, 7) is 3.39. The lowest BCUT2D eigenvalue weighted by molar-refractivity contribution is 1.02. The van der Waals surface area contributed by atoms with Crippen LogP contribution in [0.15, 0.2) is 4.79 Å². The highest BCUT2D eigenvalue weighted by molar-refractivity contribution is 5.76. The third kappa shape index (κ3) is 1.20. The predicted molar refractivity (Wildman–Crippen MR) is 51.8 cm³/mol. The average Bonchev–Trinajstić information content (AvgIpc) is 1.99. The van der Waals surface area contributed by atoms with Gasteiger partial charge in [-0.3, -0.25) is 4.79 Å². The van der Waals surface area contributed by atoms with E-state index in [0.717, 1.165) is 0 Å². The molecule has 0 unspecified atom stereocenters. The zero-order chi connectivity index (χ0) is 10.3. The molecule has 2 aromatic heterocycles. The van der Waals surface area contributed by atoms with Gasteiger partial charge in [-0.25, -0.2) is 9.97 Å². The molecule has 14 heavy (non-hydrogen) atoms. The van der Waals surface area contributed by atoms with Gasteiger partial charge in [0.2, 0.25) is 5.95 Å². The second-order valence-corrected chi connectivity index (χ2v) is 3.02. The first-order valence-corrected chi connectivity index (χ1v) is 4.08. The summed E-state index contributed by atoms with van der Waals surface area (Å²) in [6.07, 6.45) is 0. The van der Waals surface area contributed by atoms with Crippen LogP contribution < -0.4 is 11.3 Å². The Morgan fingerprint density at radius 3 is 2.64 bits per heavy atom. The number of anilines is 1. The molecule has 0 spiro atoms. The van der Waals surface area contributed by atoms with E-state index in [0.29, 0.717) is 22.6 Å². The van der Waals surface area contributed by atoms with E-state index in [2.05, 4.69) is 19.9 Å². The summed E-state index contributed by atoms with van der Waals surface area (Å²) in [5.41, 5.74) is 6.11. The van der Waals surface area contributed by atoms with Crippen molar-refractivity contribution in [2.24, 2.45) is 0 Å². The van der Waals surface area contributed by atoms with Gasteiger partial charge in [0.05, 0.1) is 5.69 Å². The van der Waals surface area contributed by atoms with Gasteiger partial charge in [-0.2, -0.15) is 4.98 Å². The molecule has 0 amide bonds. The summed E-state index contributed by atoms with van der Waals surface area (Å²) in [5.74, 6) is 0.646. The largest absolute Gasteiger partial charge is 0.368 e. The molecular formula is C8H9N5O. The fourth-order valence-electron chi connectivity index (χ4n) is 1.34. The molecule has 3 N–H and O–H groups in total. The Morgan fingerprint density at radius 2 is 1.93 bits per heavy atom. The summed E-state index contributed by atoms with van der Waals surface area (Å²) in [7, 11) is 0. The first kappa shape index (κ1) is 8.61. The van der Waals surface area contributed by atoms with Crippen molar-refractivity contribution in [3.8, 4) is 0 Å². The van der Waals surface area contributed by atoms with E-state index in [1.165, 1.54) is 0 Å². The van der Waals surface area contributed by atoms with Gasteiger partial charge in [-0.15, -0.1) is 0 Å². The van der Waals surface area contributed by atoms with Crippen LogP contribution in [0.2, 0.25) is 0 Å². The minimum Gasteiger partial charge on any atom is -0.368 e. The predicted octanol–water partition coefficient (Wildman–Crippen LogP) is -0.0879. The van der Waals surface area contributed by atoms with Gasteiger partial charge in [-0.05, 0) is 13.8 Å². The lowest BCUT2D eigenvalue weighted by Crippen LogP contribution is -2.13. The zero-order valence-corrected chi connectivity index (χ0v) is 7.83. The van der Waals surface area contributed by atoms with Crippen molar-refractivity contribution in [1.82, 2.24) is 19.9 Å². The van der Waals surface area contributed by atoms with Crippen LogP contribution in [0, 0.1) is 13.8 Å². The van der Waals surface area contributed by atoms with Gasteiger partial charge in [0, 0.05) is 0 Å². The minimum absolute atomic E-state index is 0.132. The van der Waals surface area contributed by atoms with Crippen LogP contribution in [0.4, 0.5) is 5.95 Å². The number of fused-ring (bicyclic) bond motifs is 1. The van der Waals surface area contributed by atoms with Gasteiger partial charge in [0.15, 0.2) is 5.65 Å². The third-order valence-electron chi connectivity index (χ3n) is 1.88. The lowest BCUT2D eigenvalue weighted by atomic mass is 10.3. The fourth-order valence-corrected chi connectivity index (χ4v) is 1.34. The molecule has 0 saturated heterocycles. The molecule has 6 heteroatoms. The quantitative estimate of drug-likeness (QED) is 0.606. The van der Waals surface area contributed by atoms with Crippen molar-refractivity contribution in [2.45, 2.75) is 13.8 Å². The standard InChI is InChI=1S/C8H9N5O/c1-3-5-6(13-8(9)10-3)11-4(2)12-7(5)14/h1-2H3,(H3,9,10,11,12,13,14). The second-order valence-electron chi connectivity index (χ2n) is 3.02. The molecule has 0 aliphatic heterocycles. The van der Waals surface area contributed by atoms with E-state index in [9.17, 15) is 4.79 Å². The number of hydrogen-bond donors (Lipinski definition) is 2. The number of rotatable bonds is 0. The van der Waals surface area contributed by atoms with E-state index in [4.69, 9.17) is 5.73 Å². The highest BCUT2D eigenvalue weighted by Gasteiger charge is 2.07. The molecule has 2 aromatic rings. The van der Waals surface area contributed by atoms with E-state index in [-0.39, 0.29) is 11.5 Å². The lowest BCUT2D eigenvalue weighted by Gasteiger charge is -2.01. The van der Waals surface area contributed by atoms with E-state index in [1.54, 1.807) is 13.8 Å². The van der Waals surface area contributed by atoms with Gasteiger partial charge in [0.1, 0.15) is 11.2 Å². The van der Waals surface area contributed by atoms with Gasteiger partial charge < -0.3 is 10.7 Å². The maximum atomic E-state index is 11.5. The monoisotopic (exact) mass is 191 g/mol. The number of nitrogen functional groups attached to an aromatic ring is 1. The molecule has 0 aliphatic carbocycles. The van der Waals surface area contributed by atoms with Crippen LogP contribution in [-0.4, -0.2) is 19.9 Å². The van der Waals surface area contributed by atoms with Gasteiger partial charge >= 0.3 is 0 Å². The molecule has 0 aromatic carbocycles. The van der Waals surface area contributed by atoms with Crippen molar-refractivity contribution >= 4 is 17.0 Å². The molecule has 2 rings (SSSR count). The van der Waals surface area contributed by atoms with Gasteiger partial charge in [-0.1, -0.05) is 0 Å². The third-order valence-corrected chi connectivity index (χ3v) is 1.88. The first-order valence-electron chi connectivity index (χ1n) is 4.08. The molecule has 0 atom stereocenters. The summed E-state index contributed by atoms with van der Waals surface area (Å²) < 4.78 is 0. The van der Waals surface area contributed by atoms with E-state index < -0.39 is 0 Å². The Bertz CT molecular complexity index is 554. The summed E-state index contributed by atoms with van der Waals surface area (Å²) in [5, 5.41) is 0.393. The van der Waals surface area contributed by atoms with Crippen molar-refractivity contribution in [2.75, 3.05) is 5.73 Å². The smallest absolute Gasteiger partial charge is 0.262 e. The average molecular weight is 191 g/mol. The highest BCUT2D eigenvalue weighted by Crippen LogP contribution is 2.08. The number of H-pyrrole nitrogens is 1. The maximum absolute atomic E-state index is 11.5. The minimum atomic E-state index is -0.231. The molecular weight excluding hydrogens is 182 g/mol. The Morgan fingerprint density at radius 1 is 1.21 bits per heavy atom. The Labute approximate surface area is 79.2 Å². The Balaban J connectivity index is 3.02. The molecule has 0 radical (unpaired) electrons. The summed E-state index contributed by atoms with van der Waals surface area (Å²) in [6, 6.07) is 0. The number of hydrogen-bond acceptors (Lipinski definition) is 5. The second kappa shape index (κ2) is 2.76. The summed E-state index contributed by atoms with van der Waals surface area (Å²) >= 11 is 0. The number of aromatic amines is 1. The van der Waals surface area contributed by atoms with Crippen molar-refractivity contribution < 1.29 is 0 Å². The van der Waals surface area contributed by atoms with Crippen LogP contribution in [0.5, 0.6) is 0 Å². The van der Waals surface area contributed by atoms with Crippen molar-refractivity contribution in [3.05, 3.63) is 21.9 Å². The van der Waals surface area contributed by atoms with Crippen LogP contribution in [0.1, 0.15) is 11.5 Å². The fraction of sp³-hybridized carbons (Fsp3) is 0.250. The molecule has 0 aliphatic rings. The normalized spacial score (nSPS) is 10.7. The zero-order valence-electron chi connectivity index (χ0n) is 7.83.